The van der Waals surface area contributed by atoms with Crippen molar-refractivity contribution in [2.75, 3.05) is 0 Å². The van der Waals surface area contributed by atoms with Gasteiger partial charge in [-0.15, -0.1) is 11.3 Å². The molecule has 0 radical (unpaired) electrons. The van der Waals surface area contributed by atoms with Crippen molar-refractivity contribution < 1.29 is 9.18 Å². The van der Waals surface area contributed by atoms with Gasteiger partial charge in [0.05, 0.1) is 17.8 Å². The molecule has 146 valence electrons. The zero-order valence-electron chi connectivity index (χ0n) is 15.9. The van der Waals surface area contributed by atoms with Crippen LogP contribution in [0.5, 0.6) is 0 Å². The van der Waals surface area contributed by atoms with Gasteiger partial charge in [-0.3, -0.25) is 14.2 Å². The number of thiophene rings is 1. The number of halogens is 1. The third-order valence-electron chi connectivity index (χ3n) is 5.34. The van der Waals surface area contributed by atoms with Gasteiger partial charge in [-0.05, 0) is 55.4 Å². The third kappa shape index (κ3) is 3.58. The lowest BCUT2D eigenvalue weighted by molar-refractivity contribution is -0.122. The molecule has 1 N–H and O–H groups in total. The second kappa shape index (κ2) is 7.47. The van der Waals surface area contributed by atoms with Crippen molar-refractivity contribution in [2.24, 2.45) is 5.92 Å². The van der Waals surface area contributed by atoms with Gasteiger partial charge in [-0.2, -0.15) is 0 Å². The summed E-state index contributed by atoms with van der Waals surface area (Å²) in [6.07, 6.45) is 4.41. The minimum Gasteiger partial charge on any atom is -0.348 e. The molecule has 0 saturated heterocycles. The topological polar surface area (TPSA) is 64.0 Å². The first kappa shape index (κ1) is 18.8. The lowest BCUT2D eigenvalue weighted by Gasteiger charge is -2.17. The summed E-state index contributed by atoms with van der Waals surface area (Å²) >= 11 is 1.60. The SMILES string of the molecule is C[C@H]1CCc2c(sc3ncn(CC(=O)N[C@H](C)c4ccc(F)cc4)c(=O)c23)C1. The Bertz CT molecular complexity index is 1090. The predicted molar refractivity (Wildman–Crippen MR) is 108 cm³/mol. The van der Waals surface area contributed by atoms with Crippen LogP contribution < -0.4 is 10.9 Å². The van der Waals surface area contributed by atoms with Gasteiger partial charge >= 0.3 is 0 Å². The summed E-state index contributed by atoms with van der Waals surface area (Å²) in [5.41, 5.74) is 1.77. The number of hydrogen-bond donors (Lipinski definition) is 1. The van der Waals surface area contributed by atoms with Gasteiger partial charge in [0.1, 0.15) is 17.2 Å². The molecular formula is C21H22FN3O2S. The molecule has 0 fully saturated rings. The summed E-state index contributed by atoms with van der Waals surface area (Å²) in [6, 6.07) is 5.72. The Labute approximate surface area is 166 Å². The van der Waals surface area contributed by atoms with Crippen molar-refractivity contribution in [3.8, 4) is 0 Å². The highest BCUT2D eigenvalue weighted by Gasteiger charge is 2.23. The molecule has 0 aliphatic heterocycles. The Kier molecular flexibility index (Phi) is 5.02. The maximum atomic E-state index is 13.1. The van der Waals surface area contributed by atoms with Crippen molar-refractivity contribution in [3.63, 3.8) is 0 Å². The summed E-state index contributed by atoms with van der Waals surface area (Å²) in [5.74, 6) is 0.0287. The van der Waals surface area contributed by atoms with Gasteiger partial charge in [0.2, 0.25) is 5.91 Å². The Morgan fingerprint density at radius 3 is 2.89 bits per heavy atom. The lowest BCUT2D eigenvalue weighted by Crippen LogP contribution is -2.34. The van der Waals surface area contributed by atoms with E-state index in [4.69, 9.17) is 0 Å². The van der Waals surface area contributed by atoms with E-state index in [1.165, 1.54) is 27.9 Å². The second-order valence-electron chi connectivity index (χ2n) is 7.55. The number of rotatable bonds is 4. The number of fused-ring (bicyclic) bond motifs is 3. The molecule has 0 bridgehead atoms. The van der Waals surface area contributed by atoms with E-state index in [1.807, 2.05) is 6.92 Å². The van der Waals surface area contributed by atoms with E-state index in [9.17, 15) is 14.0 Å². The number of aryl methyl sites for hydroxylation is 1. The van der Waals surface area contributed by atoms with Gasteiger partial charge < -0.3 is 5.32 Å². The van der Waals surface area contributed by atoms with Gasteiger partial charge in [0.25, 0.3) is 5.56 Å². The zero-order valence-corrected chi connectivity index (χ0v) is 16.7. The van der Waals surface area contributed by atoms with Crippen LogP contribution in [0.25, 0.3) is 10.2 Å². The minimum absolute atomic E-state index is 0.0890. The molecule has 2 heterocycles. The highest BCUT2D eigenvalue weighted by molar-refractivity contribution is 7.18. The number of aromatic nitrogens is 2. The average Bonchev–Trinajstić information content (AvgIpc) is 3.02. The Hall–Kier alpha value is -2.54. The molecule has 0 spiro atoms. The van der Waals surface area contributed by atoms with E-state index in [0.717, 1.165) is 35.2 Å². The highest BCUT2D eigenvalue weighted by Crippen LogP contribution is 2.35. The molecule has 7 heteroatoms. The van der Waals surface area contributed by atoms with Gasteiger partial charge in [0.15, 0.2) is 0 Å². The van der Waals surface area contributed by atoms with Crippen LogP contribution in [0.15, 0.2) is 35.4 Å². The van der Waals surface area contributed by atoms with Gasteiger partial charge in [0, 0.05) is 4.88 Å². The number of nitrogens with zero attached hydrogens (tertiary/aromatic N) is 2. The molecule has 2 aromatic heterocycles. The second-order valence-corrected chi connectivity index (χ2v) is 8.63. The summed E-state index contributed by atoms with van der Waals surface area (Å²) < 4.78 is 14.4. The summed E-state index contributed by atoms with van der Waals surface area (Å²) in [7, 11) is 0. The van der Waals surface area contributed by atoms with Crippen molar-refractivity contribution in [1.82, 2.24) is 14.9 Å². The maximum Gasteiger partial charge on any atom is 0.262 e. The number of carbonyl (C=O) groups excluding carboxylic acids is 1. The van der Waals surface area contributed by atoms with Crippen LogP contribution in [0.2, 0.25) is 0 Å². The molecule has 1 aliphatic carbocycles. The number of nitrogens with one attached hydrogen (secondary N) is 1. The molecule has 0 saturated carbocycles. The van der Waals surface area contributed by atoms with E-state index >= 15 is 0 Å². The monoisotopic (exact) mass is 399 g/mol. The molecular weight excluding hydrogens is 377 g/mol. The Morgan fingerprint density at radius 2 is 2.14 bits per heavy atom. The lowest BCUT2D eigenvalue weighted by atomic mass is 9.89. The summed E-state index contributed by atoms with van der Waals surface area (Å²) in [5, 5.41) is 3.53. The van der Waals surface area contributed by atoms with Crippen LogP contribution >= 0.6 is 11.3 Å². The fraction of sp³-hybridized carbons (Fsp3) is 0.381. The standard InChI is InChI=1S/C21H22FN3O2S/c1-12-3-8-16-17(9-12)28-20-19(16)21(27)25(11-23-20)10-18(26)24-13(2)14-4-6-15(22)7-5-14/h4-7,11-13H,3,8-10H2,1-2H3,(H,24,26)/t12-,13+/m0/s1. The van der Waals surface area contributed by atoms with Crippen LogP contribution in [0.3, 0.4) is 0 Å². The quantitative estimate of drug-likeness (QED) is 0.729. The van der Waals surface area contributed by atoms with Gasteiger partial charge in [-0.25, -0.2) is 9.37 Å². The fourth-order valence-corrected chi connectivity index (χ4v) is 5.10. The number of benzene rings is 1. The maximum absolute atomic E-state index is 13.1. The normalized spacial score (nSPS) is 17.3. The average molecular weight is 399 g/mol. The van der Waals surface area contributed by atoms with E-state index < -0.39 is 0 Å². The van der Waals surface area contributed by atoms with Crippen molar-refractivity contribution in [2.45, 2.75) is 45.7 Å². The summed E-state index contributed by atoms with van der Waals surface area (Å²) in [6.45, 7) is 3.96. The van der Waals surface area contributed by atoms with Crippen molar-refractivity contribution >= 4 is 27.5 Å². The smallest absolute Gasteiger partial charge is 0.262 e. The molecule has 0 unspecified atom stereocenters. The molecule has 28 heavy (non-hydrogen) atoms. The molecule has 1 amide bonds. The first-order valence-electron chi connectivity index (χ1n) is 9.47. The fourth-order valence-electron chi connectivity index (χ4n) is 3.76. The van der Waals surface area contributed by atoms with Crippen LogP contribution in [0, 0.1) is 11.7 Å². The molecule has 4 rings (SSSR count). The Morgan fingerprint density at radius 1 is 1.39 bits per heavy atom. The zero-order chi connectivity index (χ0) is 19.8. The van der Waals surface area contributed by atoms with Crippen molar-refractivity contribution in [3.05, 3.63) is 62.8 Å². The number of carbonyl (C=O) groups is 1. The molecule has 1 aliphatic rings. The van der Waals surface area contributed by atoms with Crippen LogP contribution in [0.4, 0.5) is 4.39 Å². The molecule has 5 nitrogen and oxygen atoms in total. The van der Waals surface area contributed by atoms with E-state index in [2.05, 4.69) is 17.2 Å². The van der Waals surface area contributed by atoms with E-state index in [1.54, 1.807) is 23.5 Å². The van der Waals surface area contributed by atoms with E-state index in [-0.39, 0.29) is 29.9 Å². The predicted octanol–water partition coefficient (Wildman–Crippen LogP) is 3.60. The van der Waals surface area contributed by atoms with E-state index in [0.29, 0.717) is 11.3 Å². The molecule has 1 aromatic carbocycles. The highest BCUT2D eigenvalue weighted by atomic mass is 32.1. The van der Waals surface area contributed by atoms with Crippen molar-refractivity contribution in [1.29, 1.82) is 0 Å². The first-order valence-corrected chi connectivity index (χ1v) is 10.3. The minimum atomic E-state index is -0.318. The number of amides is 1. The van der Waals surface area contributed by atoms with Crippen LogP contribution in [-0.4, -0.2) is 15.5 Å². The van der Waals surface area contributed by atoms with Crippen LogP contribution in [0.1, 0.15) is 42.3 Å². The number of hydrogen-bond acceptors (Lipinski definition) is 4. The molecule has 3 aromatic rings. The molecule has 2 atom stereocenters. The van der Waals surface area contributed by atoms with Crippen LogP contribution in [-0.2, 0) is 24.2 Å². The summed E-state index contributed by atoms with van der Waals surface area (Å²) in [4.78, 5) is 31.9. The largest absolute Gasteiger partial charge is 0.348 e. The third-order valence-corrected chi connectivity index (χ3v) is 6.51. The Balaban J connectivity index is 1.54. The first-order chi connectivity index (χ1) is 13.4. The van der Waals surface area contributed by atoms with Gasteiger partial charge in [-0.1, -0.05) is 19.1 Å².